The third kappa shape index (κ3) is 3.95. The van der Waals surface area contributed by atoms with Crippen molar-refractivity contribution in [3.05, 3.63) is 66.2 Å². The zero-order valence-electron chi connectivity index (χ0n) is 19.2. The predicted molar refractivity (Wildman–Crippen MR) is 130 cm³/mol. The first-order valence-corrected chi connectivity index (χ1v) is 11.5. The van der Waals surface area contributed by atoms with Crippen LogP contribution in [0.3, 0.4) is 0 Å². The molecule has 8 nitrogen and oxygen atoms in total. The Labute approximate surface area is 202 Å². The van der Waals surface area contributed by atoms with Gasteiger partial charge in [0.25, 0.3) is 5.91 Å². The van der Waals surface area contributed by atoms with E-state index in [1.54, 1.807) is 6.92 Å². The molecule has 1 unspecified atom stereocenters. The number of nitrogens with one attached hydrogen (secondary N) is 1. The fourth-order valence-electron chi connectivity index (χ4n) is 4.81. The summed E-state index contributed by atoms with van der Waals surface area (Å²) in [6.45, 7) is 1.49. The third-order valence-corrected chi connectivity index (χ3v) is 6.75. The van der Waals surface area contributed by atoms with E-state index in [9.17, 15) is 20.0 Å². The molecule has 1 saturated carbocycles. The van der Waals surface area contributed by atoms with Crippen LogP contribution < -0.4 is 15.0 Å². The third-order valence-electron chi connectivity index (χ3n) is 6.75. The van der Waals surface area contributed by atoms with Crippen LogP contribution in [0.1, 0.15) is 31.7 Å². The van der Waals surface area contributed by atoms with Gasteiger partial charge >= 0.3 is 6.09 Å². The summed E-state index contributed by atoms with van der Waals surface area (Å²) in [5, 5.41) is 21.5. The summed E-state index contributed by atoms with van der Waals surface area (Å²) in [5.74, 6) is 0.00894. The number of carboxylic acid groups (broad SMARTS) is 1. The zero-order valence-corrected chi connectivity index (χ0v) is 19.2. The highest BCUT2D eigenvalue weighted by Crippen LogP contribution is 2.44. The first kappa shape index (κ1) is 22.4. The molecule has 0 spiro atoms. The van der Waals surface area contributed by atoms with Crippen LogP contribution >= 0.6 is 0 Å². The summed E-state index contributed by atoms with van der Waals surface area (Å²) in [7, 11) is 0. The summed E-state index contributed by atoms with van der Waals surface area (Å²) in [5.41, 5.74) is 4.06. The minimum Gasteiger partial charge on any atom is -0.466 e. The Hall–Kier alpha value is -4.38. The van der Waals surface area contributed by atoms with Gasteiger partial charge in [-0.15, -0.1) is 0 Å². The second-order valence-corrected chi connectivity index (χ2v) is 8.88. The van der Waals surface area contributed by atoms with Crippen LogP contribution in [0.2, 0.25) is 0 Å². The number of nitriles is 1. The van der Waals surface area contributed by atoms with Gasteiger partial charge in [-0.2, -0.15) is 5.26 Å². The van der Waals surface area contributed by atoms with E-state index in [1.807, 2.05) is 60.7 Å². The van der Waals surface area contributed by atoms with Gasteiger partial charge in [0.05, 0.1) is 17.3 Å². The summed E-state index contributed by atoms with van der Waals surface area (Å²) in [6, 6.07) is 20.8. The number of nitrogens with zero attached hydrogens (tertiary/aromatic N) is 3. The number of ether oxygens (including phenoxy) is 1. The standard InChI is InChI=1S/C27H24N4O4/c1-17(15-28)31-22-14-21(18-6-3-2-4-7-18)24(29-25(22)35-16-23(31)32)19-8-10-20(11-9-19)27(12-5-13-27)30-26(33)34/h2-4,6-11,14,17,30H,5,12-13,16H2,1H3,(H,33,34). The molecule has 35 heavy (non-hydrogen) atoms. The summed E-state index contributed by atoms with van der Waals surface area (Å²) < 4.78 is 5.67. The molecule has 176 valence electrons. The summed E-state index contributed by atoms with van der Waals surface area (Å²) >= 11 is 0. The van der Waals surface area contributed by atoms with Gasteiger partial charge in [-0.05, 0) is 43.4 Å². The van der Waals surface area contributed by atoms with Gasteiger partial charge in [-0.1, -0.05) is 54.6 Å². The molecule has 0 bridgehead atoms. The van der Waals surface area contributed by atoms with Crippen molar-refractivity contribution in [2.45, 2.75) is 37.8 Å². The number of carbonyl (C=O) groups excluding carboxylic acids is 1. The van der Waals surface area contributed by atoms with Crippen LogP contribution in [0.5, 0.6) is 5.88 Å². The number of amides is 2. The molecular weight excluding hydrogens is 444 g/mol. The van der Waals surface area contributed by atoms with Crippen molar-refractivity contribution in [1.82, 2.24) is 10.3 Å². The van der Waals surface area contributed by atoms with E-state index in [1.165, 1.54) is 4.90 Å². The number of benzene rings is 2. The second kappa shape index (κ2) is 8.76. The highest BCUT2D eigenvalue weighted by atomic mass is 16.5. The van der Waals surface area contributed by atoms with Gasteiger partial charge in [0.1, 0.15) is 11.7 Å². The van der Waals surface area contributed by atoms with Gasteiger partial charge < -0.3 is 15.2 Å². The first-order chi connectivity index (χ1) is 16.9. The highest BCUT2D eigenvalue weighted by molar-refractivity contribution is 6.00. The Morgan fingerprint density at radius 3 is 2.49 bits per heavy atom. The number of fused-ring (bicyclic) bond motifs is 1. The molecule has 8 heteroatoms. The molecule has 1 atom stereocenters. The van der Waals surface area contributed by atoms with Crippen LogP contribution in [0.15, 0.2) is 60.7 Å². The van der Waals surface area contributed by atoms with E-state index in [4.69, 9.17) is 9.72 Å². The fraction of sp³-hybridized carbons (Fsp3) is 0.259. The Bertz CT molecular complexity index is 1330. The normalized spacial score (nSPS) is 16.8. The van der Waals surface area contributed by atoms with E-state index in [-0.39, 0.29) is 12.5 Å². The van der Waals surface area contributed by atoms with Gasteiger partial charge in [0.2, 0.25) is 5.88 Å². The maximum atomic E-state index is 12.6. The SMILES string of the molecule is CC(C#N)N1C(=O)COc2nc(-c3ccc(C4(NC(=O)O)CCC4)cc3)c(-c3ccccc3)cc21. The van der Waals surface area contributed by atoms with Crippen molar-refractivity contribution >= 4 is 17.7 Å². The molecule has 1 aliphatic heterocycles. The highest BCUT2D eigenvalue weighted by Gasteiger charge is 2.40. The quantitative estimate of drug-likeness (QED) is 0.561. The number of hydrogen-bond donors (Lipinski definition) is 2. The van der Waals surface area contributed by atoms with E-state index in [0.717, 1.165) is 41.5 Å². The number of anilines is 1. The molecule has 3 aromatic rings. The number of hydrogen-bond acceptors (Lipinski definition) is 5. The molecule has 2 aromatic carbocycles. The molecule has 0 saturated heterocycles. The molecule has 2 N–H and O–H groups in total. The van der Waals surface area contributed by atoms with E-state index in [0.29, 0.717) is 17.3 Å². The topological polar surface area (TPSA) is 116 Å². The monoisotopic (exact) mass is 468 g/mol. The molecule has 5 rings (SSSR count). The molecule has 1 aliphatic carbocycles. The van der Waals surface area contributed by atoms with E-state index < -0.39 is 17.7 Å². The second-order valence-electron chi connectivity index (χ2n) is 8.88. The molecule has 1 fully saturated rings. The lowest BCUT2D eigenvalue weighted by Crippen LogP contribution is -2.50. The maximum absolute atomic E-state index is 12.6. The minimum absolute atomic E-state index is 0.182. The van der Waals surface area contributed by atoms with Gasteiger partial charge in [0.15, 0.2) is 6.61 Å². The van der Waals surface area contributed by atoms with Crippen LogP contribution in [0.25, 0.3) is 22.4 Å². The molecule has 2 aliphatic rings. The zero-order chi connectivity index (χ0) is 24.6. The average Bonchev–Trinajstić information content (AvgIpc) is 2.85. The van der Waals surface area contributed by atoms with Crippen molar-refractivity contribution in [2.75, 3.05) is 11.5 Å². The van der Waals surface area contributed by atoms with Crippen molar-refractivity contribution in [3.8, 4) is 34.3 Å². The largest absolute Gasteiger partial charge is 0.466 e. The van der Waals surface area contributed by atoms with Crippen molar-refractivity contribution in [2.24, 2.45) is 0 Å². The number of aromatic nitrogens is 1. The van der Waals surface area contributed by atoms with Crippen molar-refractivity contribution in [3.63, 3.8) is 0 Å². The van der Waals surface area contributed by atoms with Crippen molar-refractivity contribution < 1.29 is 19.4 Å². The number of rotatable bonds is 5. The Balaban J connectivity index is 1.62. The maximum Gasteiger partial charge on any atom is 0.405 e. The smallest absolute Gasteiger partial charge is 0.405 e. The van der Waals surface area contributed by atoms with Gasteiger partial charge in [-0.3, -0.25) is 9.69 Å². The predicted octanol–water partition coefficient (Wildman–Crippen LogP) is 4.70. The molecule has 1 aromatic heterocycles. The number of carbonyl (C=O) groups is 2. The van der Waals surface area contributed by atoms with E-state index >= 15 is 0 Å². The van der Waals surface area contributed by atoms with Crippen molar-refractivity contribution in [1.29, 1.82) is 5.26 Å². The van der Waals surface area contributed by atoms with Crippen LogP contribution in [0, 0.1) is 11.3 Å². The minimum atomic E-state index is -1.03. The fourth-order valence-corrected chi connectivity index (χ4v) is 4.81. The van der Waals surface area contributed by atoms with Crippen LogP contribution in [0.4, 0.5) is 10.5 Å². The molecular formula is C27H24N4O4. The lowest BCUT2D eigenvalue weighted by molar-refractivity contribution is -0.121. The molecule has 0 radical (unpaired) electrons. The Kier molecular flexibility index (Phi) is 5.61. The van der Waals surface area contributed by atoms with Gasteiger partial charge in [-0.25, -0.2) is 9.78 Å². The molecule has 2 amide bonds. The Morgan fingerprint density at radius 1 is 1.17 bits per heavy atom. The number of pyridine rings is 1. The molecule has 2 heterocycles. The summed E-state index contributed by atoms with van der Waals surface area (Å²) in [6.07, 6.45) is 1.47. The lowest BCUT2D eigenvalue weighted by Gasteiger charge is -2.42. The lowest BCUT2D eigenvalue weighted by atomic mass is 9.71. The average molecular weight is 469 g/mol. The first-order valence-electron chi connectivity index (χ1n) is 11.5. The van der Waals surface area contributed by atoms with Crippen LogP contribution in [-0.2, 0) is 10.3 Å². The van der Waals surface area contributed by atoms with Gasteiger partial charge in [0, 0.05) is 11.1 Å². The summed E-state index contributed by atoms with van der Waals surface area (Å²) in [4.78, 5) is 30.2. The van der Waals surface area contributed by atoms with Crippen LogP contribution in [-0.4, -0.2) is 34.7 Å². The Morgan fingerprint density at radius 2 is 1.89 bits per heavy atom. The van der Waals surface area contributed by atoms with E-state index in [2.05, 4.69) is 11.4 Å².